The van der Waals surface area contributed by atoms with Crippen molar-refractivity contribution in [1.29, 1.82) is 0 Å². The Labute approximate surface area is 192 Å². The second-order valence-electron chi connectivity index (χ2n) is 8.69. The Morgan fingerprint density at radius 3 is 2.19 bits per heavy atom. The van der Waals surface area contributed by atoms with Gasteiger partial charge in [-0.1, -0.05) is 34.9 Å². The molecule has 1 aliphatic heterocycles. The zero-order chi connectivity index (χ0) is 23.2. The Balaban J connectivity index is 2.22. The Bertz CT molecular complexity index is 664. The van der Waals surface area contributed by atoms with Crippen LogP contribution in [-0.2, 0) is 14.3 Å². The first-order valence-corrected chi connectivity index (χ1v) is 12.5. The number of aliphatic hydroxyl groups is 1. The van der Waals surface area contributed by atoms with Crippen LogP contribution in [0.15, 0.2) is 34.9 Å². The maximum absolute atomic E-state index is 12.1. The fourth-order valence-electron chi connectivity index (χ4n) is 3.06. The van der Waals surface area contributed by atoms with Gasteiger partial charge in [-0.25, -0.2) is 0 Å². The molecule has 0 aromatic carbocycles. The SMILES string of the molecule is CC(=O)C(CSCC=C(C)CCC=C(C)CCC=C(C)C)NC(=O)CCCC1OC1O. The van der Waals surface area contributed by atoms with Crippen LogP contribution in [-0.4, -0.2) is 46.7 Å². The van der Waals surface area contributed by atoms with Crippen molar-refractivity contribution >= 4 is 23.5 Å². The number of carbonyl (C=O) groups is 2. The first kappa shape index (κ1) is 27.7. The summed E-state index contributed by atoms with van der Waals surface area (Å²) in [4.78, 5) is 23.9. The Kier molecular flexibility index (Phi) is 13.8. The number of amides is 1. The molecule has 1 saturated heterocycles. The second kappa shape index (κ2) is 15.4. The Hall–Kier alpha value is -1.37. The number of aliphatic hydroxyl groups excluding tert-OH is 1. The number of rotatable bonds is 16. The van der Waals surface area contributed by atoms with Crippen LogP contribution in [0.2, 0.25) is 0 Å². The molecule has 0 spiro atoms. The predicted octanol–water partition coefficient (Wildman–Crippen LogP) is 5.10. The van der Waals surface area contributed by atoms with Crippen molar-refractivity contribution in [2.45, 2.75) is 98.0 Å². The third kappa shape index (κ3) is 14.3. The summed E-state index contributed by atoms with van der Waals surface area (Å²) in [5.41, 5.74) is 4.18. The van der Waals surface area contributed by atoms with Gasteiger partial charge < -0.3 is 15.2 Å². The molecular weight excluding hydrogens is 410 g/mol. The first-order chi connectivity index (χ1) is 14.7. The van der Waals surface area contributed by atoms with Gasteiger partial charge >= 0.3 is 0 Å². The highest BCUT2D eigenvalue weighted by Crippen LogP contribution is 2.24. The topological polar surface area (TPSA) is 78.9 Å². The van der Waals surface area contributed by atoms with E-state index in [9.17, 15) is 9.59 Å². The molecule has 1 heterocycles. The van der Waals surface area contributed by atoms with Gasteiger partial charge in [0.2, 0.25) is 5.91 Å². The minimum atomic E-state index is -0.659. The summed E-state index contributed by atoms with van der Waals surface area (Å²) in [5, 5.41) is 11.9. The molecule has 0 aromatic heterocycles. The number of thioether (sulfide) groups is 1. The van der Waals surface area contributed by atoms with Crippen molar-refractivity contribution < 1.29 is 19.4 Å². The van der Waals surface area contributed by atoms with Crippen molar-refractivity contribution in [2.24, 2.45) is 0 Å². The van der Waals surface area contributed by atoms with Gasteiger partial charge in [0.25, 0.3) is 0 Å². The number of nitrogens with one attached hydrogen (secondary N) is 1. The molecule has 0 aromatic rings. The molecule has 2 N–H and O–H groups in total. The number of allylic oxidation sites excluding steroid dienone is 5. The van der Waals surface area contributed by atoms with Crippen LogP contribution in [0.4, 0.5) is 0 Å². The van der Waals surface area contributed by atoms with Crippen LogP contribution < -0.4 is 5.32 Å². The van der Waals surface area contributed by atoms with Crippen molar-refractivity contribution in [3.05, 3.63) is 34.9 Å². The molecule has 0 saturated carbocycles. The fourth-order valence-corrected chi connectivity index (χ4v) is 4.15. The highest BCUT2D eigenvalue weighted by molar-refractivity contribution is 7.99. The average molecular weight is 452 g/mol. The summed E-state index contributed by atoms with van der Waals surface area (Å²) in [6.07, 6.45) is 12.1. The van der Waals surface area contributed by atoms with Gasteiger partial charge in [-0.05, 0) is 73.1 Å². The summed E-state index contributed by atoms with van der Waals surface area (Å²) in [6, 6.07) is -0.444. The highest BCUT2D eigenvalue weighted by Gasteiger charge is 2.36. The van der Waals surface area contributed by atoms with Crippen molar-refractivity contribution in [3.63, 3.8) is 0 Å². The van der Waals surface area contributed by atoms with E-state index in [0.29, 0.717) is 25.0 Å². The van der Waals surface area contributed by atoms with Crippen molar-refractivity contribution in [1.82, 2.24) is 5.32 Å². The van der Waals surface area contributed by atoms with Gasteiger partial charge in [0, 0.05) is 17.9 Å². The fraction of sp³-hybridized carbons (Fsp3) is 0.680. The maximum atomic E-state index is 12.1. The van der Waals surface area contributed by atoms with Crippen LogP contribution in [0.3, 0.4) is 0 Å². The average Bonchev–Trinajstić information content (AvgIpc) is 3.38. The van der Waals surface area contributed by atoms with Crippen LogP contribution in [0.5, 0.6) is 0 Å². The van der Waals surface area contributed by atoms with E-state index >= 15 is 0 Å². The lowest BCUT2D eigenvalue weighted by atomic mass is 10.1. The van der Waals surface area contributed by atoms with E-state index in [1.54, 1.807) is 11.8 Å². The number of hydrogen-bond donors (Lipinski definition) is 2. The summed E-state index contributed by atoms with van der Waals surface area (Å²) >= 11 is 1.67. The van der Waals surface area contributed by atoms with Gasteiger partial charge in [-0.3, -0.25) is 9.59 Å². The van der Waals surface area contributed by atoms with Gasteiger partial charge in [-0.15, -0.1) is 0 Å². The normalized spacial score (nSPS) is 19.7. The van der Waals surface area contributed by atoms with E-state index in [1.807, 2.05) is 0 Å². The van der Waals surface area contributed by atoms with Crippen molar-refractivity contribution in [2.75, 3.05) is 11.5 Å². The predicted molar refractivity (Wildman–Crippen MR) is 130 cm³/mol. The molecule has 1 fully saturated rings. The van der Waals surface area contributed by atoms with Crippen molar-refractivity contribution in [3.8, 4) is 0 Å². The summed E-state index contributed by atoms with van der Waals surface area (Å²) in [5.74, 6) is 1.29. The van der Waals surface area contributed by atoms with E-state index in [2.05, 4.69) is 51.2 Å². The lowest BCUT2D eigenvalue weighted by Crippen LogP contribution is -2.41. The maximum Gasteiger partial charge on any atom is 0.220 e. The molecular formula is C25H41NO4S. The number of Topliss-reactive ketones (excluding diaryl/α,β-unsaturated/α-hetero) is 1. The van der Waals surface area contributed by atoms with Gasteiger partial charge in [0.05, 0.1) is 6.04 Å². The molecule has 6 heteroatoms. The van der Waals surface area contributed by atoms with Gasteiger partial charge in [0.15, 0.2) is 12.1 Å². The molecule has 176 valence electrons. The van der Waals surface area contributed by atoms with Crippen LogP contribution in [0.25, 0.3) is 0 Å². The molecule has 31 heavy (non-hydrogen) atoms. The smallest absolute Gasteiger partial charge is 0.220 e. The number of carbonyl (C=O) groups excluding carboxylic acids is 2. The number of ether oxygens (including phenoxy) is 1. The molecule has 1 aliphatic rings. The summed E-state index contributed by atoms with van der Waals surface area (Å²) in [6.45, 7) is 10.1. The quantitative estimate of drug-likeness (QED) is 0.194. The zero-order valence-corrected chi connectivity index (χ0v) is 20.7. The first-order valence-electron chi connectivity index (χ1n) is 11.3. The van der Waals surface area contributed by atoms with E-state index in [0.717, 1.165) is 31.4 Å². The minimum Gasteiger partial charge on any atom is -0.366 e. The van der Waals surface area contributed by atoms with Crippen LogP contribution >= 0.6 is 11.8 Å². The minimum absolute atomic E-state index is 0.0174. The molecule has 3 atom stereocenters. The van der Waals surface area contributed by atoms with E-state index in [1.165, 1.54) is 23.6 Å². The second-order valence-corrected chi connectivity index (χ2v) is 9.76. The van der Waals surface area contributed by atoms with Gasteiger partial charge in [-0.2, -0.15) is 11.8 Å². The van der Waals surface area contributed by atoms with E-state index < -0.39 is 12.3 Å². The molecule has 0 radical (unpaired) electrons. The molecule has 1 amide bonds. The molecule has 5 nitrogen and oxygen atoms in total. The summed E-state index contributed by atoms with van der Waals surface area (Å²) < 4.78 is 4.92. The molecule has 0 bridgehead atoms. The molecule has 1 rings (SSSR count). The summed E-state index contributed by atoms with van der Waals surface area (Å²) in [7, 11) is 0. The Morgan fingerprint density at radius 2 is 1.61 bits per heavy atom. The number of epoxide rings is 1. The number of hydrogen-bond acceptors (Lipinski definition) is 5. The zero-order valence-electron chi connectivity index (χ0n) is 19.9. The molecule has 3 unspecified atom stereocenters. The Morgan fingerprint density at radius 1 is 1.00 bits per heavy atom. The lowest BCUT2D eigenvalue weighted by Gasteiger charge is -2.15. The monoisotopic (exact) mass is 451 g/mol. The van der Waals surface area contributed by atoms with Gasteiger partial charge in [0.1, 0.15) is 6.10 Å². The number of ketones is 1. The standard InChI is InChI=1S/C25H41NO4S/c1-18(2)9-6-10-19(3)11-7-12-20(4)15-16-31-17-22(21(5)27)26-24(28)14-8-13-23-25(29)30-23/h9,11,15,22-23,25,29H,6-8,10,12-14,16-17H2,1-5H3,(H,26,28). The van der Waals surface area contributed by atoms with Crippen LogP contribution in [0, 0.1) is 0 Å². The highest BCUT2D eigenvalue weighted by atomic mass is 32.2. The van der Waals surface area contributed by atoms with E-state index in [4.69, 9.17) is 9.84 Å². The third-order valence-electron chi connectivity index (χ3n) is 5.23. The largest absolute Gasteiger partial charge is 0.366 e. The van der Waals surface area contributed by atoms with E-state index in [-0.39, 0.29) is 17.8 Å². The van der Waals surface area contributed by atoms with Crippen LogP contribution in [0.1, 0.15) is 79.6 Å². The molecule has 0 aliphatic carbocycles. The third-order valence-corrected chi connectivity index (χ3v) is 6.20. The lowest BCUT2D eigenvalue weighted by molar-refractivity contribution is -0.126.